The number of anilines is 2. The maximum atomic E-state index is 12.0. The van der Waals surface area contributed by atoms with Crippen molar-refractivity contribution in [2.45, 2.75) is 13.0 Å². The molecule has 0 aliphatic rings. The first-order valence-electron chi connectivity index (χ1n) is 8.84. The van der Waals surface area contributed by atoms with E-state index < -0.39 is 10.0 Å². The van der Waals surface area contributed by atoms with Gasteiger partial charge in [-0.05, 0) is 36.8 Å². The Morgan fingerprint density at radius 3 is 1.74 bits per heavy atom. The summed E-state index contributed by atoms with van der Waals surface area (Å²) in [5.74, 6) is 0. The third-order valence-corrected chi connectivity index (χ3v) is 5.05. The lowest BCUT2D eigenvalue weighted by Gasteiger charge is -2.30. The molecule has 0 bridgehead atoms. The maximum Gasteiger partial charge on any atom is 0.209 e. The molecule has 0 radical (unpaired) electrons. The molecule has 27 heavy (non-hydrogen) atoms. The van der Waals surface area contributed by atoms with Crippen molar-refractivity contribution in [1.29, 1.82) is 0 Å². The highest BCUT2D eigenvalue weighted by molar-refractivity contribution is 7.88. The molecule has 140 valence electrons. The lowest BCUT2D eigenvalue weighted by Crippen LogP contribution is -2.35. The summed E-state index contributed by atoms with van der Waals surface area (Å²) in [5, 5.41) is 0. The first-order valence-corrected chi connectivity index (χ1v) is 10.7. The molecule has 3 aromatic carbocycles. The normalized spacial score (nSPS) is 12.5. The third-order valence-electron chi connectivity index (χ3n) is 4.34. The fourth-order valence-corrected chi connectivity index (χ4v) is 3.75. The minimum absolute atomic E-state index is 0.374. The van der Waals surface area contributed by atoms with Crippen LogP contribution in [-0.2, 0) is 10.0 Å². The van der Waals surface area contributed by atoms with Crippen LogP contribution in [0.25, 0.3) is 0 Å². The number of benzene rings is 3. The van der Waals surface area contributed by atoms with Gasteiger partial charge in [0.15, 0.2) is 0 Å². The number of nitrogens with zero attached hydrogens (tertiary/aromatic N) is 1. The van der Waals surface area contributed by atoms with Gasteiger partial charge in [-0.2, -0.15) is 0 Å². The molecule has 1 N–H and O–H groups in total. The topological polar surface area (TPSA) is 49.4 Å². The molecule has 0 aromatic heterocycles. The summed E-state index contributed by atoms with van der Waals surface area (Å²) in [5.41, 5.74) is 4.09. The fourth-order valence-electron chi connectivity index (χ4n) is 3.03. The van der Waals surface area contributed by atoms with Crippen molar-refractivity contribution in [3.05, 3.63) is 96.1 Å². The molecule has 3 aromatic rings. The van der Waals surface area contributed by atoms with Crippen LogP contribution in [0.2, 0.25) is 0 Å². The van der Waals surface area contributed by atoms with Crippen LogP contribution in [-0.4, -0.2) is 21.2 Å². The standard InChI is InChI=1S/C22H24N2O2S/c1-18-13-15-19(16-14-18)22(23-27(2,25)26)17-24(20-9-5-3-6-10-20)21-11-7-4-8-12-21/h3-16,22-23H,17H2,1-2H3/t22-/m0/s1. The van der Waals surface area contributed by atoms with Crippen LogP contribution in [0.15, 0.2) is 84.9 Å². The van der Waals surface area contributed by atoms with Crippen LogP contribution in [0.3, 0.4) is 0 Å². The van der Waals surface area contributed by atoms with Gasteiger partial charge in [-0.25, -0.2) is 13.1 Å². The number of rotatable bonds is 7. The molecule has 0 aliphatic carbocycles. The number of hydrogen-bond acceptors (Lipinski definition) is 3. The van der Waals surface area contributed by atoms with E-state index in [1.807, 2.05) is 91.9 Å². The zero-order valence-electron chi connectivity index (χ0n) is 15.5. The molecule has 0 fully saturated rings. The fraction of sp³-hybridized carbons (Fsp3) is 0.182. The molecule has 4 nitrogen and oxygen atoms in total. The van der Waals surface area contributed by atoms with Gasteiger partial charge < -0.3 is 4.90 Å². The summed E-state index contributed by atoms with van der Waals surface area (Å²) in [4.78, 5) is 2.13. The number of hydrogen-bond donors (Lipinski definition) is 1. The van der Waals surface area contributed by atoms with Crippen molar-refractivity contribution >= 4 is 21.4 Å². The van der Waals surface area contributed by atoms with E-state index >= 15 is 0 Å². The molecule has 0 heterocycles. The quantitative estimate of drug-likeness (QED) is 0.660. The Kier molecular flexibility index (Phi) is 5.94. The molecule has 1 atom stereocenters. The Balaban J connectivity index is 2.00. The van der Waals surface area contributed by atoms with Gasteiger partial charge >= 0.3 is 0 Å². The van der Waals surface area contributed by atoms with E-state index in [2.05, 4.69) is 9.62 Å². The molecule has 0 aliphatic heterocycles. The number of sulfonamides is 1. The van der Waals surface area contributed by atoms with Gasteiger partial charge in [-0.1, -0.05) is 66.2 Å². The van der Waals surface area contributed by atoms with Crippen molar-refractivity contribution < 1.29 is 8.42 Å². The minimum Gasteiger partial charge on any atom is -0.340 e. The summed E-state index contributed by atoms with van der Waals surface area (Å²) in [6, 6.07) is 27.6. The lowest BCUT2D eigenvalue weighted by atomic mass is 10.0. The van der Waals surface area contributed by atoms with Gasteiger partial charge in [-0.15, -0.1) is 0 Å². The Morgan fingerprint density at radius 1 is 0.815 bits per heavy atom. The van der Waals surface area contributed by atoms with Crippen LogP contribution in [0.5, 0.6) is 0 Å². The summed E-state index contributed by atoms with van der Waals surface area (Å²) in [7, 11) is -3.37. The third kappa shape index (κ3) is 5.42. The van der Waals surface area contributed by atoms with E-state index in [0.717, 1.165) is 22.5 Å². The van der Waals surface area contributed by atoms with Gasteiger partial charge in [0.2, 0.25) is 10.0 Å². The van der Waals surface area contributed by atoms with Gasteiger partial charge in [0, 0.05) is 17.9 Å². The first-order chi connectivity index (χ1) is 12.9. The molecule has 0 amide bonds. The van der Waals surface area contributed by atoms with Gasteiger partial charge in [0.25, 0.3) is 0 Å². The van der Waals surface area contributed by atoms with E-state index in [0.29, 0.717) is 6.54 Å². The lowest BCUT2D eigenvalue weighted by molar-refractivity contribution is 0.562. The summed E-state index contributed by atoms with van der Waals surface area (Å²) >= 11 is 0. The molecule has 0 saturated heterocycles. The summed E-state index contributed by atoms with van der Waals surface area (Å²) in [6.07, 6.45) is 1.20. The monoisotopic (exact) mass is 380 g/mol. The van der Waals surface area contributed by atoms with Gasteiger partial charge in [0.05, 0.1) is 12.3 Å². The van der Waals surface area contributed by atoms with Crippen molar-refractivity contribution in [2.75, 3.05) is 17.7 Å². The van der Waals surface area contributed by atoms with E-state index in [-0.39, 0.29) is 6.04 Å². The molecular formula is C22H24N2O2S. The Bertz CT molecular complexity index is 917. The summed E-state index contributed by atoms with van der Waals surface area (Å²) < 4.78 is 26.8. The second kappa shape index (κ2) is 8.37. The molecule has 0 unspecified atom stereocenters. The predicted octanol–water partition coefficient (Wildman–Crippen LogP) is 4.42. The maximum absolute atomic E-state index is 12.0. The highest BCUT2D eigenvalue weighted by atomic mass is 32.2. The SMILES string of the molecule is Cc1ccc([C@H](CN(c2ccccc2)c2ccccc2)NS(C)(=O)=O)cc1. The minimum atomic E-state index is -3.37. The predicted molar refractivity (Wildman–Crippen MR) is 112 cm³/mol. The number of nitrogens with one attached hydrogen (secondary N) is 1. The van der Waals surface area contributed by atoms with Crippen molar-refractivity contribution in [1.82, 2.24) is 4.72 Å². The smallest absolute Gasteiger partial charge is 0.209 e. The highest BCUT2D eigenvalue weighted by Crippen LogP contribution is 2.28. The number of aryl methyl sites for hydroxylation is 1. The van der Waals surface area contributed by atoms with E-state index in [1.54, 1.807) is 0 Å². The van der Waals surface area contributed by atoms with E-state index in [1.165, 1.54) is 6.26 Å². The number of para-hydroxylation sites is 2. The van der Waals surface area contributed by atoms with Crippen LogP contribution in [0.1, 0.15) is 17.2 Å². The Morgan fingerprint density at radius 2 is 1.30 bits per heavy atom. The first kappa shape index (κ1) is 19.1. The van der Waals surface area contributed by atoms with Crippen LogP contribution in [0.4, 0.5) is 11.4 Å². The summed E-state index contributed by atoms with van der Waals surface area (Å²) in [6.45, 7) is 2.49. The molecule has 0 spiro atoms. The van der Waals surface area contributed by atoms with Crippen LogP contribution >= 0.6 is 0 Å². The zero-order valence-corrected chi connectivity index (χ0v) is 16.4. The molecule has 5 heteroatoms. The average molecular weight is 381 g/mol. The van der Waals surface area contributed by atoms with Crippen molar-refractivity contribution in [3.63, 3.8) is 0 Å². The van der Waals surface area contributed by atoms with Crippen molar-refractivity contribution in [2.24, 2.45) is 0 Å². The van der Waals surface area contributed by atoms with Crippen molar-refractivity contribution in [3.8, 4) is 0 Å². The largest absolute Gasteiger partial charge is 0.340 e. The Hall–Kier alpha value is -2.63. The Labute approximate surface area is 161 Å². The average Bonchev–Trinajstić information content (AvgIpc) is 2.66. The second-order valence-corrected chi connectivity index (χ2v) is 8.42. The van der Waals surface area contributed by atoms with E-state index in [4.69, 9.17) is 0 Å². The van der Waals surface area contributed by atoms with Crippen LogP contribution < -0.4 is 9.62 Å². The highest BCUT2D eigenvalue weighted by Gasteiger charge is 2.21. The molecule has 3 rings (SSSR count). The van der Waals surface area contributed by atoms with Gasteiger partial charge in [-0.3, -0.25) is 0 Å². The zero-order chi connectivity index (χ0) is 19.3. The van der Waals surface area contributed by atoms with Gasteiger partial charge in [0.1, 0.15) is 0 Å². The van der Waals surface area contributed by atoms with E-state index in [9.17, 15) is 8.42 Å². The molecule has 0 saturated carbocycles. The molecular weight excluding hydrogens is 356 g/mol. The van der Waals surface area contributed by atoms with Crippen LogP contribution in [0, 0.1) is 6.92 Å². The second-order valence-electron chi connectivity index (χ2n) is 6.63.